The molecule has 0 aromatic heterocycles. The highest BCUT2D eigenvalue weighted by atomic mass is 16.5. The number of rotatable bonds is 4. The molecule has 0 heterocycles. The summed E-state index contributed by atoms with van der Waals surface area (Å²) < 4.78 is 5.48. The van der Waals surface area contributed by atoms with Crippen LogP contribution in [0.1, 0.15) is 27.4 Å². The van der Waals surface area contributed by atoms with E-state index in [-0.39, 0.29) is 12.5 Å². The number of nitrogens with one attached hydrogen (secondary N) is 1. The molecule has 1 aliphatic carbocycles. The Morgan fingerprint density at radius 3 is 2.15 bits per heavy atom. The molecular weight excluding hydrogens is 340 g/mol. The first-order valence-electron chi connectivity index (χ1n) is 8.65. The van der Waals surface area contributed by atoms with Gasteiger partial charge in [-0.1, -0.05) is 54.6 Å². The Labute approximate surface area is 156 Å². The normalized spacial score (nSPS) is 12.1. The maximum atomic E-state index is 12.2. The molecule has 134 valence electrons. The maximum Gasteiger partial charge on any atom is 0.411 e. The number of carbonyl (C=O) groups excluding carboxylic acids is 2. The van der Waals surface area contributed by atoms with Gasteiger partial charge in [0.2, 0.25) is 5.91 Å². The molecule has 2 amide bonds. The molecule has 5 nitrogen and oxygen atoms in total. The number of amides is 2. The molecule has 0 aliphatic heterocycles. The largest absolute Gasteiger partial charge is 0.448 e. The summed E-state index contributed by atoms with van der Waals surface area (Å²) in [5.41, 5.74) is 10.7. The van der Waals surface area contributed by atoms with Crippen LogP contribution >= 0.6 is 0 Å². The predicted octanol–water partition coefficient (Wildman–Crippen LogP) is 4.15. The summed E-state index contributed by atoms with van der Waals surface area (Å²) in [6, 6.07) is 22.7. The Balaban J connectivity index is 1.48. The third kappa shape index (κ3) is 3.27. The van der Waals surface area contributed by atoms with Crippen molar-refractivity contribution in [3.63, 3.8) is 0 Å². The van der Waals surface area contributed by atoms with E-state index in [0.29, 0.717) is 11.3 Å². The Morgan fingerprint density at radius 1 is 0.889 bits per heavy atom. The second kappa shape index (κ2) is 6.96. The van der Waals surface area contributed by atoms with E-state index in [1.165, 1.54) is 17.2 Å². The van der Waals surface area contributed by atoms with Crippen LogP contribution in [0.5, 0.6) is 0 Å². The fourth-order valence-corrected chi connectivity index (χ4v) is 3.50. The fourth-order valence-electron chi connectivity index (χ4n) is 3.50. The van der Waals surface area contributed by atoms with Crippen molar-refractivity contribution in [1.82, 2.24) is 0 Å². The summed E-state index contributed by atoms with van der Waals surface area (Å²) in [5.74, 6) is -0.550. The third-order valence-corrected chi connectivity index (χ3v) is 4.74. The van der Waals surface area contributed by atoms with Gasteiger partial charge in [-0.05, 0) is 40.5 Å². The van der Waals surface area contributed by atoms with Gasteiger partial charge in [0.15, 0.2) is 0 Å². The zero-order valence-electron chi connectivity index (χ0n) is 14.5. The first-order chi connectivity index (χ1) is 13.1. The highest BCUT2D eigenvalue weighted by Crippen LogP contribution is 2.44. The number of hydrogen-bond donors (Lipinski definition) is 2. The molecule has 4 rings (SSSR count). The van der Waals surface area contributed by atoms with E-state index in [4.69, 9.17) is 10.5 Å². The second-order valence-electron chi connectivity index (χ2n) is 6.40. The Kier molecular flexibility index (Phi) is 4.34. The predicted molar refractivity (Wildman–Crippen MR) is 104 cm³/mol. The number of primary amides is 1. The van der Waals surface area contributed by atoms with Crippen LogP contribution in [0.25, 0.3) is 11.1 Å². The van der Waals surface area contributed by atoms with Crippen molar-refractivity contribution in [3.05, 3.63) is 89.5 Å². The van der Waals surface area contributed by atoms with Gasteiger partial charge in [0.25, 0.3) is 0 Å². The quantitative estimate of drug-likeness (QED) is 0.735. The van der Waals surface area contributed by atoms with E-state index >= 15 is 0 Å². The topological polar surface area (TPSA) is 81.4 Å². The lowest BCUT2D eigenvalue weighted by molar-refractivity contribution is 0.1000. The SMILES string of the molecule is NC(=O)c1cccc(NC(=O)OCC2c3ccccc3-c3ccccc32)c1. The molecule has 3 aromatic rings. The number of anilines is 1. The van der Waals surface area contributed by atoms with Crippen LogP contribution in [-0.2, 0) is 4.74 Å². The number of hydrogen-bond acceptors (Lipinski definition) is 3. The van der Waals surface area contributed by atoms with E-state index in [1.807, 2.05) is 24.3 Å². The average Bonchev–Trinajstić information content (AvgIpc) is 3.00. The van der Waals surface area contributed by atoms with Crippen LogP contribution < -0.4 is 11.1 Å². The number of benzene rings is 3. The standard InChI is InChI=1S/C22H18N2O3/c23-21(25)14-6-5-7-15(12-14)24-22(26)27-13-20-18-10-3-1-8-16(18)17-9-2-4-11-19(17)20/h1-12,20H,13H2,(H2,23,25)(H,24,26). The molecule has 0 spiro atoms. The third-order valence-electron chi connectivity index (χ3n) is 4.74. The Hall–Kier alpha value is -3.60. The maximum absolute atomic E-state index is 12.2. The number of fused-ring (bicyclic) bond motifs is 3. The van der Waals surface area contributed by atoms with Gasteiger partial charge in [-0.15, -0.1) is 0 Å². The van der Waals surface area contributed by atoms with Gasteiger partial charge in [0.05, 0.1) is 0 Å². The highest BCUT2D eigenvalue weighted by Gasteiger charge is 2.28. The smallest absolute Gasteiger partial charge is 0.411 e. The molecule has 3 N–H and O–H groups in total. The zero-order valence-corrected chi connectivity index (χ0v) is 14.5. The monoisotopic (exact) mass is 358 g/mol. The molecule has 0 unspecified atom stereocenters. The van der Waals surface area contributed by atoms with Gasteiger partial charge in [-0.2, -0.15) is 0 Å². The number of ether oxygens (including phenoxy) is 1. The molecule has 0 saturated carbocycles. The molecular formula is C22H18N2O3. The van der Waals surface area contributed by atoms with Crippen LogP contribution in [0.2, 0.25) is 0 Å². The van der Waals surface area contributed by atoms with Crippen LogP contribution in [0, 0.1) is 0 Å². The summed E-state index contributed by atoms with van der Waals surface area (Å²) >= 11 is 0. The van der Waals surface area contributed by atoms with Gasteiger partial charge in [-0.3, -0.25) is 10.1 Å². The molecule has 0 radical (unpaired) electrons. The van der Waals surface area contributed by atoms with Gasteiger partial charge in [0, 0.05) is 17.2 Å². The van der Waals surface area contributed by atoms with E-state index in [9.17, 15) is 9.59 Å². The summed E-state index contributed by atoms with van der Waals surface area (Å²) in [6.07, 6.45) is -0.571. The number of nitrogens with two attached hydrogens (primary N) is 1. The molecule has 27 heavy (non-hydrogen) atoms. The van der Waals surface area contributed by atoms with E-state index in [2.05, 4.69) is 29.6 Å². The van der Waals surface area contributed by atoms with Gasteiger partial charge >= 0.3 is 6.09 Å². The minimum Gasteiger partial charge on any atom is -0.448 e. The summed E-state index contributed by atoms with van der Waals surface area (Å²) in [6.45, 7) is 0.232. The van der Waals surface area contributed by atoms with Gasteiger partial charge in [0.1, 0.15) is 6.61 Å². The lowest BCUT2D eigenvalue weighted by Gasteiger charge is -2.14. The Bertz CT molecular complexity index is 984. The zero-order chi connectivity index (χ0) is 18.8. The van der Waals surface area contributed by atoms with Gasteiger partial charge < -0.3 is 10.5 Å². The van der Waals surface area contributed by atoms with E-state index < -0.39 is 12.0 Å². The van der Waals surface area contributed by atoms with Crippen molar-refractivity contribution in [2.24, 2.45) is 5.73 Å². The molecule has 0 fully saturated rings. The minimum absolute atomic E-state index is 0.0000962. The molecule has 1 aliphatic rings. The molecule has 0 atom stereocenters. The molecule has 0 bridgehead atoms. The number of carbonyl (C=O) groups is 2. The molecule has 5 heteroatoms. The van der Waals surface area contributed by atoms with Crippen LogP contribution in [0.15, 0.2) is 72.8 Å². The van der Waals surface area contributed by atoms with Crippen molar-refractivity contribution in [2.45, 2.75) is 5.92 Å². The lowest BCUT2D eigenvalue weighted by atomic mass is 9.98. The molecule has 3 aromatic carbocycles. The lowest BCUT2D eigenvalue weighted by Crippen LogP contribution is -2.18. The highest BCUT2D eigenvalue weighted by molar-refractivity contribution is 5.95. The first-order valence-corrected chi connectivity index (χ1v) is 8.65. The Morgan fingerprint density at radius 2 is 1.52 bits per heavy atom. The van der Waals surface area contributed by atoms with E-state index in [1.54, 1.807) is 18.2 Å². The van der Waals surface area contributed by atoms with Gasteiger partial charge in [-0.25, -0.2) is 4.79 Å². The van der Waals surface area contributed by atoms with Crippen molar-refractivity contribution < 1.29 is 14.3 Å². The van der Waals surface area contributed by atoms with Crippen molar-refractivity contribution >= 4 is 17.7 Å². The van der Waals surface area contributed by atoms with Crippen molar-refractivity contribution in [2.75, 3.05) is 11.9 Å². The fraction of sp³-hybridized carbons (Fsp3) is 0.0909. The second-order valence-corrected chi connectivity index (χ2v) is 6.40. The average molecular weight is 358 g/mol. The van der Waals surface area contributed by atoms with Crippen LogP contribution in [0.3, 0.4) is 0 Å². The van der Waals surface area contributed by atoms with Crippen LogP contribution in [0.4, 0.5) is 10.5 Å². The summed E-state index contributed by atoms with van der Waals surface area (Å²) in [5, 5.41) is 2.64. The van der Waals surface area contributed by atoms with E-state index in [0.717, 1.165) is 11.1 Å². The minimum atomic E-state index is -0.571. The summed E-state index contributed by atoms with van der Waals surface area (Å²) in [7, 11) is 0. The van der Waals surface area contributed by atoms with Crippen molar-refractivity contribution in [3.8, 4) is 11.1 Å². The molecule has 0 saturated heterocycles. The van der Waals surface area contributed by atoms with Crippen molar-refractivity contribution in [1.29, 1.82) is 0 Å². The first kappa shape index (κ1) is 16.8. The van der Waals surface area contributed by atoms with Crippen LogP contribution in [-0.4, -0.2) is 18.6 Å². The summed E-state index contributed by atoms with van der Waals surface area (Å²) in [4.78, 5) is 23.5.